The van der Waals surface area contributed by atoms with E-state index in [4.69, 9.17) is 4.98 Å². The van der Waals surface area contributed by atoms with E-state index in [-0.39, 0.29) is 11.2 Å². The molecule has 0 bridgehead atoms. The number of nitrogens with zero attached hydrogens (tertiary/aromatic N) is 3. The predicted octanol–water partition coefficient (Wildman–Crippen LogP) is 8.83. The number of hydrogen-bond donors (Lipinski definition) is 3. The number of hydrogen-bond acceptors (Lipinski definition) is 5. The highest BCUT2D eigenvalue weighted by atomic mass is 79.9. The standard InChI is InChI=1S/C28H34BrN5O.2C2H6/c1-4-5-13-25(35)20(2)24-18-26(34-27(33-24)23(29)19-32-34)31-17-16-30-21(3)28(14-9-10-15-28)22-11-7-6-8-12-22;2*1-2/h5-8,11-13,18-19,30-31,35H,3-4,9-10,14-17H2,1-2H3;2*1-2H3/b13-5-,25-20-;;. The smallest absolute Gasteiger partial charge is 0.172 e. The molecule has 3 N–H and O–H groups in total. The summed E-state index contributed by atoms with van der Waals surface area (Å²) in [5.74, 6) is 1.03. The van der Waals surface area contributed by atoms with Gasteiger partial charge in [-0.3, -0.25) is 0 Å². The van der Waals surface area contributed by atoms with Crippen molar-refractivity contribution in [1.29, 1.82) is 0 Å². The van der Waals surface area contributed by atoms with Crippen molar-refractivity contribution in [2.24, 2.45) is 0 Å². The summed E-state index contributed by atoms with van der Waals surface area (Å²) in [7, 11) is 0. The molecule has 4 rings (SSSR count). The molecule has 1 aliphatic rings. The molecule has 1 saturated carbocycles. The Labute approximate surface area is 243 Å². The Kier molecular flexibility index (Phi) is 13.3. The number of benzene rings is 1. The summed E-state index contributed by atoms with van der Waals surface area (Å²) < 4.78 is 2.58. The minimum Gasteiger partial charge on any atom is -0.508 e. The SMILES string of the molecule is C=C(NCCNc1cc(/C(C)=C(O)/C=C\CC)nc2c(Br)cnn12)C1(c2ccccc2)CCCC1.CC.CC. The zero-order chi connectivity index (χ0) is 28.8. The van der Waals surface area contributed by atoms with Gasteiger partial charge in [0.15, 0.2) is 5.65 Å². The fourth-order valence-corrected chi connectivity index (χ4v) is 5.16. The summed E-state index contributed by atoms with van der Waals surface area (Å²) in [6.45, 7) is 17.8. The minimum atomic E-state index is 0.0106. The van der Waals surface area contributed by atoms with Gasteiger partial charge < -0.3 is 15.7 Å². The molecule has 0 unspecified atom stereocenters. The van der Waals surface area contributed by atoms with E-state index in [1.165, 1.54) is 18.4 Å². The maximum atomic E-state index is 10.5. The molecule has 2 aromatic heterocycles. The molecule has 1 aliphatic carbocycles. The first-order chi connectivity index (χ1) is 19.0. The molecule has 39 heavy (non-hydrogen) atoms. The second kappa shape index (κ2) is 16.1. The number of aliphatic hydroxyl groups excluding tert-OH is 1. The fraction of sp³-hybridized carbons (Fsp3) is 0.438. The van der Waals surface area contributed by atoms with Gasteiger partial charge in [0.25, 0.3) is 0 Å². The molecule has 0 spiro atoms. The average Bonchev–Trinajstić information content (AvgIpc) is 3.64. The lowest BCUT2D eigenvalue weighted by molar-refractivity contribution is 0.434. The van der Waals surface area contributed by atoms with Crippen LogP contribution in [0.3, 0.4) is 0 Å². The van der Waals surface area contributed by atoms with Gasteiger partial charge >= 0.3 is 0 Å². The van der Waals surface area contributed by atoms with Gasteiger partial charge in [-0.25, -0.2) is 4.98 Å². The third kappa shape index (κ3) is 7.75. The number of nitrogens with one attached hydrogen (secondary N) is 2. The van der Waals surface area contributed by atoms with Crippen molar-refractivity contribution >= 4 is 33.0 Å². The van der Waals surface area contributed by atoms with Crippen LogP contribution in [0.4, 0.5) is 5.82 Å². The van der Waals surface area contributed by atoms with Crippen molar-refractivity contribution in [1.82, 2.24) is 19.9 Å². The largest absolute Gasteiger partial charge is 0.508 e. The second-order valence-corrected chi connectivity index (χ2v) is 9.92. The maximum Gasteiger partial charge on any atom is 0.172 e. The molecule has 1 fully saturated rings. The Morgan fingerprint density at radius 1 is 1.13 bits per heavy atom. The number of fused-ring (bicyclic) bond motifs is 1. The summed E-state index contributed by atoms with van der Waals surface area (Å²) in [4.78, 5) is 4.71. The zero-order valence-corrected chi connectivity index (χ0v) is 26.1. The van der Waals surface area contributed by atoms with Crippen LogP contribution in [0.15, 0.2) is 77.3 Å². The van der Waals surface area contributed by atoms with Crippen molar-refractivity contribution < 1.29 is 5.11 Å². The summed E-state index contributed by atoms with van der Waals surface area (Å²) in [6, 6.07) is 12.7. The van der Waals surface area contributed by atoms with E-state index in [2.05, 4.69) is 68.6 Å². The molecule has 212 valence electrons. The minimum absolute atomic E-state index is 0.0106. The van der Waals surface area contributed by atoms with Crippen LogP contribution in [0.1, 0.15) is 84.9 Å². The van der Waals surface area contributed by atoms with Gasteiger partial charge in [0.1, 0.15) is 11.6 Å². The summed E-state index contributed by atoms with van der Waals surface area (Å²) in [6.07, 6.45) is 11.0. The molecular weight excluding hydrogens is 550 g/mol. The lowest BCUT2D eigenvalue weighted by atomic mass is 9.76. The van der Waals surface area contributed by atoms with Crippen LogP contribution in [-0.4, -0.2) is 32.8 Å². The Bertz CT molecular complexity index is 1240. The lowest BCUT2D eigenvalue weighted by Gasteiger charge is -2.33. The highest BCUT2D eigenvalue weighted by molar-refractivity contribution is 9.10. The van der Waals surface area contributed by atoms with Crippen molar-refractivity contribution in [3.05, 3.63) is 88.5 Å². The maximum absolute atomic E-state index is 10.5. The quantitative estimate of drug-likeness (QED) is 0.124. The van der Waals surface area contributed by atoms with Crippen LogP contribution in [0.2, 0.25) is 0 Å². The van der Waals surface area contributed by atoms with Crippen molar-refractivity contribution in [2.75, 3.05) is 18.4 Å². The van der Waals surface area contributed by atoms with Gasteiger partial charge in [-0.05, 0) is 53.8 Å². The predicted molar refractivity (Wildman–Crippen MR) is 170 cm³/mol. The second-order valence-electron chi connectivity index (χ2n) is 9.06. The van der Waals surface area contributed by atoms with Crippen LogP contribution in [-0.2, 0) is 5.41 Å². The Hall–Kier alpha value is -3.06. The zero-order valence-electron chi connectivity index (χ0n) is 24.5. The third-order valence-corrected chi connectivity index (χ3v) is 7.40. The van der Waals surface area contributed by atoms with E-state index in [9.17, 15) is 5.11 Å². The molecular formula is C32H46BrN5O. The summed E-state index contributed by atoms with van der Waals surface area (Å²) in [5, 5.41) is 22.0. The number of allylic oxidation sites excluding steroid dienone is 4. The van der Waals surface area contributed by atoms with Crippen LogP contribution >= 0.6 is 15.9 Å². The van der Waals surface area contributed by atoms with Crippen LogP contribution in [0.5, 0.6) is 0 Å². The van der Waals surface area contributed by atoms with Crippen molar-refractivity contribution in [2.45, 2.75) is 79.1 Å². The van der Waals surface area contributed by atoms with E-state index in [1.54, 1.807) is 16.8 Å². The Morgan fingerprint density at radius 2 is 1.79 bits per heavy atom. The molecule has 3 aromatic rings. The lowest BCUT2D eigenvalue weighted by Crippen LogP contribution is -2.35. The topological polar surface area (TPSA) is 74.5 Å². The summed E-state index contributed by atoms with van der Waals surface area (Å²) >= 11 is 3.54. The van der Waals surface area contributed by atoms with Gasteiger partial charge in [0.2, 0.25) is 0 Å². The molecule has 0 amide bonds. The van der Waals surface area contributed by atoms with Crippen LogP contribution < -0.4 is 10.6 Å². The van der Waals surface area contributed by atoms with E-state index in [0.717, 1.165) is 41.8 Å². The molecule has 0 saturated heterocycles. The number of anilines is 1. The van der Waals surface area contributed by atoms with E-state index in [0.29, 0.717) is 23.5 Å². The first-order valence-electron chi connectivity index (χ1n) is 14.3. The molecule has 0 radical (unpaired) electrons. The third-order valence-electron chi connectivity index (χ3n) is 6.84. The number of aliphatic hydroxyl groups is 1. The van der Waals surface area contributed by atoms with E-state index in [1.807, 2.05) is 53.7 Å². The molecule has 6 nitrogen and oxygen atoms in total. The van der Waals surface area contributed by atoms with Gasteiger partial charge in [-0.1, -0.05) is 90.4 Å². The number of halogens is 1. The van der Waals surface area contributed by atoms with Crippen LogP contribution in [0.25, 0.3) is 11.2 Å². The van der Waals surface area contributed by atoms with Gasteiger partial charge in [-0.15, -0.1) is 0 Å². The fourth-order valence-electron chi connectivity index (χ4n) is 4.81. The molecule has 7 heteroatoms. The molecule has 0 aliphatic heterocycles. The highest BCUT2D eigenvalue weighted by Crippen LogP contribution is 2.45. The van der Waals surface area contributed by atoms with E-state index < -0.39 is 0 Å². The molecule has 1 aromatic carbocycles. The molecule has 0 atom stereocenters. The van der Waals surface area contributed by atoms with Gasteiger partial charge in [-0.2, -0.15) is 9.61 Å². The Balaban J connectivity index is 0.00000127. The molecule has 2 heterocycles. The number of aromatic nitrogens is 3. The first kappa shape index (κ1) is 32.2. The van der Waals surface area contributed by atoms with Crippen molar-refractivity contribution in [3.63, 3.8) is 0 Å². The average molecular weight is 597 g/mol. The van der Waals surface area contributed by atoms with Gasteiger partial charge in [0, 0.05) is 35.8 Å². The van der Waals surface area contributed by atoms with Crippen molar-refractivity contribution in [3.8, 4) is 0 Å². The summed E-state index contributed by atoms with van der Waals surface area (Å²) in [5.41, 5.74) is 4.57. The monoisotopic (exact) mass is 595 g/mol. The normalized spacial score (nSPS) is 14.6. The Morgan fingerprint density at radius 3 is 2.44 bits per heavy atom. The van der Waals surface area contributed by atoms with Crippen LogP contribution in [0, 0.1) is 0 Å². The van der Waals surface area contributed by atoms with E-state index >= 15 is 0 Å². The first-order valence-corrected chi connectivity index (χ1v) is 15.1. The number of rotatable bonds is 10. The van der Waals surface area contributed by atoms with Gasteiger partial charge in [0.05, 0.1) is 16.4 Å². The highest BCUT2D eigenvalue weighted by Gasteiger charge is 2.38.